The topological polar surface area (TPSA) is 99.8 Å². The SMILES string of the molecule is O=c1c2ccccc2[nH]c(=S)n1-c1ccc(-c2n[nH]c(=S)o2)c(O)c1. The van der Waals surface area contributed by atoms with Gasteiger partial charge in [-0.1, -0.05) is 12.1 Å². The summed E-state index contributed by atoms with van der Waals surface area (Å²) < 4.78 is 6.74. The minimum absolute atomic E-state index is 0.103. The maximum atomic E-state index is 12.8. The van der Waals surface area contributed by atoms with E-state index in [1.807, 2.05) is 6.07 Å². The fraction of sp³-hybridized carbons (Fsp3) is 0. The number of para-hydroxylation sites is 1. The summed E-state index contributed by atoms with van der Waals surface area (Å²) in [7, 11) is 0. The number of aromatic nitrogens is 4. The third-order valence-corrected chi connectivity index (χ3v) is 4.17. The maximum Gasteiger partial charge on any atom is 0.284 e. The van der Waals surface area contributed by atoms with Crippen molar-refractivity contribution in [2.24, 2.45) is 0 Å². The van der Waals surface area contributed by atoms with Crippen LogP contribution in [0.5, 0.6) is 5.75 Å². The number of H-pyrrole nitrogens is 2. The van der Waals surface area contributed by atoms with Gasteiger partial charge in [0.2, 0.25) is 5.89 Å². The quantitative estimate of drug-likeness (QED) is 0.467. The highest BCUT2D eigenvalue weighted by atomic mass is 32.1. The number of hydrogen-bond acceptors (Lipinski definition) is 6. The molecule has 0 atom stereocenters. The van der Waals surface area contributed by atoms with E-state index in [4.69, 9.17) is 28.9 Å². The molecule has 0 radical (unpaired) electrons. The van der Waals surface area contributed by atoms with E-state index >= 15 is 0 Å². The number of aromatic hydroxyl groups is 1. The molecular formula is C16H10N4O3S2. The van der Waals surface area contributed by atoms with Crippen LogP contribution in [0.3, 0.4) is 0 Å². The molecule has 0 aliphatic heterocycles. The number of benzene rings is 2. The summed E-state index contributed by atoms with van der Waals surface area (Å²) in [6.45, 7) is 0. The molecule has 4 rings (SSSR count). The molecule has 0 aliphatic carbocycles. The van der Waals surface area contributed by atoms with Crippen LogP contribution in [0.15, 0.2) is 51.7 Å². The van der Waals surface area contributed by atoms with Crippen molar-refractivity contribution >= 4 is 35.3 Å². The first-order chi connectivity index (χ1) is 12.0. The van der Waals surface area contributed by atoms with Crippen LogP contribution in [0, 0.1) is 9.61 Å². The van der Waals surface area contributed by atoms with Crippen molar-refractivity contribution in [3.8, 4) is 22.9 Å². The molecule has 124 valence electrons. The molecule has 9 heteroatoms. The molecule has 7 nitrogen and oxygen atoms in total. The van der Waals surface area contributed by atoms with Crippen molar-refractivity contribution in [3.05, 3.63) is 62.4 Å². The molecule has 0 bridgehead atoms. The lowest BCUT2D eigenvalue weighted by Gasteiger charge is -2.09. The monoisotopic (exact) mass is 370 g/mol. The Balaban J connectivity index is 1.93. The van der Waals surface area contributed by atoms with E-state index in [-0.39, 0.29) is 26.8 Å². The first-order valence-corrected chi connectivity index (χ1v) is 7.99. The number of phenols is 1. The van der Waals surface area contributed by atoms with Crippen molar-refractivity contribution in [2.45, 2.75) is 0 Å². The summed E-state index contributed by atoms with van der Waals surface area (Å²) in [6.07, 6.45) is 0. The van der Waals surface area contributed by atoms with E-state index < -0.39 is 0 Å². The van der Waals surface area contributed by atoms with Crippen molar-refractivity contribution in [2.75, 3.05) is 0 Å². The van der Waals surface area contributed by atoms with Gasteiger partial charge >= 0.3 is 0 Å². The zero-order valence-electron chi connectivity index (χ0n) is 12.5. The average Bonchev–Trinajstić information content (AvgIpc) is 3.01. The van der Waals surface area contributed by atoms with Crippen LogP contribution in [-0.4, -0.2) is 24.9 Å². The first kappa shape index (κ1) is 15.5. The van der Waals surface area contributed by atoms with Crippen LogP contribution >= 0.6 is 24.4 Å². The van der Waals surface area contributed by atoms with Gasteiger partial charge in [-0.15, -0.1) is 5.10 Å². The lowest BCUT2D eigenvalue weighted by atomic mass is 10.1. The van der Waals surface area contributed by atoms with Gasteiger partial charge < -0.3 is 14.5 Å². The van der Waals surface area contributed by atoms with E-state index in [1.54, 1.807) is 30.3 Å². The average molecular weight is 370 g/mol. The van der Waals surface area contributed by atoms with Gasteiger partial charge in [-0.05, 0) is 48.7 Å². The molecule has 0 unspecified atom stereocenters. The lowest BCUT2D eigenvalue weighted by Crippen LogP contribution is -2.20. The van der Waals surface area contributed by atoms with Gasteiger partial charge in [-0.3, -0.25) is 9.36 Å². The third-order valence-electron chi connectivity index (χ3n) is 3.71. The highest BCUT2D eigenvalue weighted by Gasteiger charge is 2.13. The van der Waals surface area contributed by atoms with Crippen LogP contribution < -0.4 is 5.56 Å². The molecule has 0 saturated carbocycles. The predicted octanol–water partition coefficient (Wildman–Crippen LogP) is 3.47. The Morgan fingerprint density at radius 1 is 1.16 bits per heavy atom. The summed E-state index contributed by atoms with van der Waals surface area (Å²) >= 11 is 10.1. The normalized spacial score (nSPS) is 11.0. The van der Waals surface area contributed by atoms with Crippen LogP contribution in [0.2, 0.25) is 0 Å². The molecule has 25 heavy (non-hydrogen) atoms. The Morgan fingerprint density at radius 2 is 1.96 bits per heavy atom. The molecule has 4 aromatic rings. The van der Waals surface area contributed by atoms with Crippen LogP contribution in [-0.2, 0) is 0 Å². The first-order valence-electron chi connectivity index (χ1n) is 7.18. The molecule has 0 saturated heterocycles. The van der Waals surface area contributed by atoms with Gasteiger partial charge in [0, 0.05) is 6.07 Å². The molecule has 0 spiro atoms. The fourth-order valence-electron chi connectivity index (χ4n) is 2.58. The summed E-state index contributed by atoms with van der Waals surface area (Å²) in [5, 5.41) is 17.2. The number of fused-ring (bicyclic) bond motifs is 1. The molecule has 0 fully saturated rings. The van der Waals surface area contributed by atoms with Crippen molar-refractivity contribution in [3.63, 3.8) is 0 Å². The number of rotatable bonds is 2. The number of nitrogens with one attached hydrogen (secondary N) is 2. The van der Waals surface area contributed by atoms with E-state index in [2.05, 4.69) is 15.2 Å². The standard InChI is InChI=1S/C16H10N4O3S2/c21-12-7-8(5-6-10(12)13-18-19-16(25)23-13)20-14(22)9-3-1-2-4-11(9)17-15(20)24/h1-7,21H,(H,17,24)(H,19,25). The van der Waals surface area contributed by atoms with Gasteiger partial charge in [0.15, 0.2) is 4.77 Å². The second-order valence-electron chi connectivity index (χ2n) is 5.24. The second kappa shape index (κ2) is 5.80. The largest absolute Gasteiger partial charge is 0.507 e. The summed E-state index contributed by atoms with van der Waals surface area (Å²) in [4.78, 5) is 15.9. The maximum absolute atomic E-state index is 12.8. The fourth-order valence-corrected chi connectivity index (χ4v) is 3.00. The molecule has 2 aromatic heterocycles. The van der Waals surface area contributed by atoms with Crippen molar-refractivity contribution < 1.29 is 9.52 Å². The van der Waals surface area contributed by atoms with Gasteiger partial charge in [0.25, 0.3) is 10.4 Å². The van der Waals surface area contributed by atoms with E-state index in [0.717, 1.165) is 0 Å². The number of aromatic amines is 2. The molecule has 3 N–H and O–H groups in total. The molecule has 0 amide bonds. The molecule has 2 heterocycles. The summed E-state index contributed by atoms with van der Waals surface area (Å²) in [5.74, 6) is 0.0438. The second-order valence-corrected chi connectivity index (χ2v) is 5.99. The van der Waals surface area contributed by atoms with Crippen LogP contribution in [0.4, 0.5) is 0 Å². The van der Waals surface area contributed by atoms with Crippen molar-refractivity contribution in [1.29, 1.82) is 0 Å². The summed E-state index contributed by atoms with van der Waals surface area (Å²) in [6, 6.07) is 11.7. The summed E-state index contributed by atoms with van der Waals surface area (Å²) in [5.41, 5.74) is 1.15. The van der Waals surface area contributed by atoms with Crippen LogP contribution in [0.25, 0.3) is 28.0 Å². The van der Waals surface area contributed by atoms with Gasteiger partial charge in [0.1, 0.15) is 5.75 Å². The van der Waals surface area contributed by atoms with E-state index in [0.29, 0.717) is 22.2 Å². The Bertz CT molecular complexity index is 1280. The number of nitrogens with zero attached hydrogens (tertiary/aromatic N) is 2. The minimum atomic E-state index is -0.274. The van der Waals surface area contributed by atoms with Crippen molar-refractivity contribution in [1.82, 2.24) is 19.7 Å². The van der Waals surface area contributed by atoms with E-state index in [1.165, 1.54) is 10.6 Å². The molecular weight excluding hydrogens is 360 g/mol. The molecule has 2 aromatic carbocycles. The third kappa shape index (κ3) is 2.59. The zero-order chi connectivity index (χ0) is 17.6. The lowest BCUT2D eigenvalue weighted by molar-refractivity contribution is 0.471. The van der Waals surface area contributed by atoms with Gasteiger partial charge in [-0.2, -0.15) is 0 Å². The van der Waals surface area contributed by atoms with Gasteiger partial charge in [-0.25, -0.2) is 5.10 Å². The number of phenolic OH excluding ortho intramolecular Hbond substituents is 1. The Kier molecular flexibility index (Phi) is 3.59. The predicted molar refractivity (Wildman–Crippen MR) is 97.1 cm³/mol. The Morgan fingerprint density at radius 3 is 2.68 bits per heavy atom. The number of hydrogen-bond donors (Lipinski definition) is 3. The van der Waals surface area contributed by atoms with E-state index in [9.17, 15) is 9.90 Å². The molecule has 0 aliphatic rings. The zero-order valence-corrected chi connectivity index (χ0v) is 14.1. The highest BCUT2D eigenvalue weighted by molar-refractivity contribution is 7.71. The Hall–Kier alpha value is -3.04. The highest BCUT2D eigenvalue weighted by Crippen LogP contribution is 2.29. The Labute approximate surface area is 150 Å². The minimum Gasteiger partial charge on any atom is -0.507 e. The van der Waals surface area contributed by atoms with Gasteiger partial charge in [0.05, 0.1) is 22.2 Å². The smallest absolute Gasteiger partial charge is 0.284 e. The van der Waals surface area contributed by atoms with Crippen LogP contribution in [0.1, 0.15) is 0 Å².